The minimum absolute atomic E-state index is 0.0108. The molecular formula is C30H42O2. The molecule has 1 aliphatic heterocycles. The fraction of sp³-hybridized carbons (Fsp3) is 0.567. The number of rotatable bonds is 8. The highest BCUT2D eigenvalue weighted by Gasteiger charge is 2.44. The van der Waals surface area contributed by atoms with Crippen molar-refractivity contribution in [2.45, 2.75) is 91.6 Å². The van der Waals surface area contributed by atoms with E-state index in [1.807, 2.05) is 13.8 Å². The number of unbranched alkanes of at least 4 members (excludes halogenated alkanes) is 1. The maximum absolute atomic E-state index is 12.8. The Labute approximate surface area is 195 Å². The van der Waals surface area contributed by atoms with Gasteiger partial charge in [-0.1, -0.05) is 95.2 Å². The second-order valence-electron chi connectivity index (χ2n) is 9.76. The van der Waals surface area contributed by atoms with Crippen LogP contribution in [0.5, 0.6) is 0 Å². The number of benzene rings is 2. The summed E-state index contributed by atoms with van der Waals surface area (Å²) in [6.45, 7) is 8.59. The van der Waals surface area contributed by atoms with Gasteiger partial charge < -0.3 is 4.74 Å². The lowest BCUT2D eigenvalue weighted by molar-refractivity contribution is -0.144. The fourth-order valence-electron chi connectivity index (χ4n) is 5.47. The summed E-state index contributed by atoms with van der Waals surface area (Å²) in [7, 11) is 0. The first-order valence-corrected chi connectivity index (χ1v) is 12.9. The molecule has 2 nitrogen and oxygen atoms in total. The molecule has 4 atom stereocenters. The average molecular weight is 435 g/mol. The molecular weight excluding hydrogens is 392 g/mol. The van der Waals surface area contributed by atoms with Crippen molar-refractivity contribution in [3.8, 4) is 0 Å². The van der Waals surface area contributed by atoms with Gasteiger partial charge in [-0.05, 0) is 60.3 Å². The van der Waals surface area contributed by atoms with Gasteiger partial charge in [-0.3, -0.25) is 4.79 Å². The number of fused-ring (bicyclic) bond motifs is 1. The molecule has 4 rings (SSSR count). The quantitative estimate of drug-likeness (QED) is 0.308. The number of carbonyl (C=O) groups is 1. The normalized spacial score (nSPS) is 27.1. The summed E-state index contributed by atoms with van der Waals surface area (Å²) in [5, 5.41) is 2.53. The van der Waals surface area contributed by atoms with Gasteiger partial charge in [0, 0.05) is 12.3 Å². The Morgan fingerprint density at radius 1 is 1.06 bits per heavy atom. The first kappa shape index (κ1) is 24.6. The van der Waals surface area contributed by atoms with E-state index in [2.05, 4.69) is 68.5 Å². The van der Waals surface area contributed by atoms with E-state index in [9.17, 15) is 4.79 Å². The van der Waals surface area contributed by atoms with Crippen molar-refractivity contribution in [1.82, 2.24) is 0 Å². The first-order valence-electron chi connectivity index (χ1n) is 12.9. The first-order chi connectivity index (χ1) is 15.6. The molecule has 32 heavy (non-hydrogen) atoms. The highest BCUT2D eigenvalue weighted by Crippen LogP contribution is 2.42. The van der Waals surface area contributed by atoms with Gasteiger partial charge in [-0.2, -0.15) is 0 Å². The maximum Gasteiger partial charge on any atom is 0.309 e. The van der Waals surface area contributed by atoms with Crippen LogP contribution in [0.15, 0.2) is 54.6 Å². The van der Waals surface area contributed by atoms with E-state index in [0.29, 0.717) is 5.92 Å². The summed E-state index contributed by atoms with van der Waals surface area (Å²) in [6, 6.07) is 15.1. The summed E-state index contributed by atoms with van der Waals surface area (Å²) < 4.78 is 6.02. The van der Waals surface area contributed by atoms with Gasteiger partial charge in [0.05, 0.1) is 5.92 Å². The van der Waals surface area contributed by atoms with Crippen LogP contribution in [0.25, 0.3) is 10.8 Å². The van der Waals surface area contributed by atoms with Crippen LogP contribution in [0.4, 0.5) is 0 Å². The molecule has 2 aromatic carbocycles. The number of ether oxygens (including phenoxy) is 1. The van der Waals surface area contributed by atoms with Gasteiger partial charge in [0.25, 0.3) is 0 Å². The van der Waals surface area contributed by atoms with Crippen molar-refractivity contribution in [1.29, 1.82) is 0 Å². The van der Waals surface area contributed by atoms with Crippen LogP contribution in [0.2, 0.25) is 0 Å². The highest BCUT2D eigenvalue weighted by atomic mass is 16.6. The van der Waals surface area contributed by atoms with E-state index in [4.69, 9.17) is 4.74 Å². The van der Waals surface area contributed by atoms with Gasteiger partial charge in [0.2, 0.25) is 0 Å². The second-order valence-corrected chi connectivity index (χ2v) is 9.76. The molecule has 2 heteroatoms. The van der Waals surface area contributed by atoms with E-state index >= 15 is 0 Å². The summed E-state index contributed by atoms with van der Waals surface area (Å²) in [6.07, 6.45) is 14.8. The number of cyclic esters (lactones) is 1. The van der Waals surface area contributed by atoms with Gasteiger partial charge in [0.15, 0.2) is 0 Å². The van der Waals surface area contributed by atoms with E-state index in [0.717, 1.165) is 38.5 Å². The number of hydrogen-bond donors (Lipinski definition) is 0. The Morgan fingerprint density at radius 3 is 2.56 bits per heavy atom. The largest absolute Gasteiger partial charge is 0.461 e. The fourth-order valence-corrected chi connectivity index (χ4v) is 5.47. The van der Waals surface area contributed by atoms with Gasteiger partial charge in [0.1, 0.15) is 6.10 Å². The third-order valence-corrected chi connectivity index (χ3v) is 7.37. The minimum Gasteiger partial charge on any atom is -0.461 e. The van der Waals surface area contributed by atoms with Crippen LogP contribution in [-0.4, -0.2) is 12.1 Å². The number of esters is 1. The van der Waals surface area contributed by atoms with E-state index in [-0.39, 0.29) is 23.4 Å². The molecule has 2 aliphatic rings. The maximum atomic E-state index is 12.8. The molecule has 0 N–H and O–H groups in total. The zero-order valence-electron chi connectivity index (χ0n) is 20.6. The predicted molar refractivity (Wildman–Crippen MR) is 136 cm³/mol. The van der Waals surface area contributed by atoms with Crippen molar-refractivity contribution >= 4 is 16.7 Å². The minimum atomic E-state index is 0.0108. The molecule has 1 heterocycles. The zero-order valence-corrected chi connectivity index (χ0v) is 20.6. The molecule has 2 aromatic rings. The molecule has 0 saturated carbocycles. The smallest absolute Gasteiger partial charge is 0.309 e. The topological polar surface area (TPSA) is 26.3 Å². The molecule has 174 valence electrons. The molecule has 1 fully saturated rings. The zero-order chi connectivity index (χ0) is 23.0. The third-order valence-electron chi connectivity index (χ3n) is 7.37. The molecule has 0 aromatic heterocycles. The Bertz CT molecular complexity index is 899. The SMILES string of the molecule is CC.CCCCC1C(=O)OC(Cc2ccc3ccccc3c2)C1CCC1(C)C=CCCC1. The Kier molecular flexibility index (Phi) is 8.96. The van der Waals surface area contributed by atoms with E-state index in [1.165, 1.54) is 35.6 Å². The lowest BCUT2D eigenvalue weighted by Gasteiger charge is -2.31. The van der Waals surface area contributed by atoms with Crippen LogP contribution >= 0.6 is 0 Å². The van der Waals surface area contributed by atoms with Crippen LogP contribution in [0.3, 0.4) is 0 Å². The standard InChI is InChI=1S/C28H36O2.C2H6/c1-3-4-12-25-24(15-18-28(2)16-8-5-9-17-28)26(30-27(25)29)20-21-13-14-22-10-6-7-11-23(22)19-21;1-2/h6-8,10-11,13-14,16,19,24-26H,3-5,9,12,15,17-18,20H2,1-2H3;1-2H3. The van der Waals surface area contributed by atoms with Gasteiger partial charge >= 0.3 is 5.97 Å². The van der Waals surface area contributed by atoms with Crippen LogP contribution in [0, 0.1) is 17.3 Å². The second kappa shape index (κ2) is 11.7. The van der Waals surface area contributed by atoms with Crippen molar-refractivity contribution in [3.05, 3.63) is 60.2 Å². The molecule has 0 bridgehead atoms. The third kappa shape index (κ3) is 6.03. The number of allylic oxidation sites excluding steroid dienone is 2. The number of hydrogen-bond acceptors (Lipinski definition) is 2. The molecule has 0 spiro atoms. The van der Waals surface area contributed by atoms with Crippen molar-refractivity contribution in [3.63, 3.8) is 0 Å². The van der Waals surface area contributed by atoms with Crippen LogP contribution in [-0.2, 0) is 16.0 Å². The molecule has 1 aliphatic carbocycles. The molecule has 0 radical (unpaired) electrons. The summed E-state index contributed by atoms with van der Waals surface area (Å²) in [5.41, 5.74) is 1.56. The van der Waals surface area contributed by atoms with Crippen molar-refractivity contribution < 1.29 is 9.53 Å². The predicted octanol–water partition coefficient (Wildman–Crippen LogP) is 8.28. The van der Waals surface area contributed by atoms with E-state index in [1.54, 1.807) is 0 Å². The Balaban J connectivity index is 0.00000141. The van der Waals surface area contributed by atoms with Crippen LogP contribution < -0.4 is 0 Å². The van der Waals surface area contributed by atoms with Gasteiger partial charge in [-0.25, -0.2) is 0 Å². The van der Waals surface area contributed by atoms with Crippen molar-refractivity contribution in [2.75, 3.05) is 0 Å². The Morgan fingerprint density at radius 2 is 1.84 bits per heavy atom. The molecule has 0 amide bonds. The van der Waals surface area contributed by atoms with E-state index < -0.39 is 0 Å². The summed E-state index contributed by atoms with van der Waals surface area (Å²) in [5.74, 6) is 0.456. The summed E-state index contributed by atoms with van der Waals surface area (Å²) >= 11 is 0. The van der Waals surface area contributed by atoms with Crippen LogP contribution in [0.1, 0.15) is 84.6 Å². The highest BCUT2D eigenvalue weighted by molar-refractivity contribution is 5.83. The number of carbonyl (C=O) groups excluding carboxylic acids is 1. The van der Waals surface area contributed by atoms with Gasteiger partial charge in [-0.15, -0.1) is 0 Å². The molecule has 1 saturated heterocycles. The lowest BCUT2D eigenvalue weighted by Crippen LogP contribution is -2.26. The average Bonchev–Trinajstić information content (AvgIpc) is 3.11. The lowest BCUT2D eigenvalue weighted by atomic mass is 9.73. The van der Waals surface area contributed by atoms with Crippen molar-refractivity contribution in [2.24, 2.45) is 17.3 Å². The Hall–Kier alpha value is -2.09. The summed E-state index contributed by atoms with van der Waals surface area (Å²) in [4.78, 5) is 12.8. The molecule has 4 unspecified atom stereocenters. The monoisotopic (exact) mass is 434 g/mol.